The van der Waals surface area contributed by atoms with Crippen molar-refractivity contribution in [1.29, 1.82) is 0 Å². The number of sulfonamides is 1. The van der Waals surface area contributed by atoms with E-state index in [1.54, 1.807) is 12.1 Å². The molecule has 1 aliphatic rings. The van der Waals surface area contributed by atoms with Crippen molar-refractivity contribution < 1.29 is 18.0 Å². The van der Waals surface area contributed by atoms with Crippen LogP contribution in [0.2, 0.25) is 10.0 Å². The van der Waals surface area contributed by atoms with Crippen LogP contribution in [0.25, 0.3) is 0 Å². The molecule has 2 aromatic carbocycles. The van der Waals surface area contributed by atoms with Gasteiger partial charge >= 0.3 is 0 Å². The fourth-order valence-corrected chi connectivity index (χ4v) is 5.22. The lowest BCUT2D eigenvalue weighted by atomic mass is 10.2. The average Bonchev–Trinajstić information content (AvgIpc) is 3.43. The molecule has 1 saturated carbocycles. The summed E-state index contributed by atoms with van der Waals surface area (Å²) in [5.41, 5.74) is 0.734. The van der Waals surface area contributed by atoms with E-state index in [-0.39, 0.29) is 32.6 Å². The molecule has 1 aliphatic carbocycles. The Balaban J connectivity index is 2.00. The monoisotopic (exact) mass is 455 g/mol. The van der Waals surface area contributed by atoms with Crippen molar-refractivity contribution >= 4 is 56.4 Å². The van der Waals surface area contributed by atoms with Crippen LogP contribution >= 0.6 is 23.2 Å². The third-order valence-corrected chi connectivity index (χ3v) is 6.90. The molecule has 3 rings (SSSR count). The molecule has 0 atom stereocenters. The summed E-state index contributed by atoms with van der Waals surface area (Å²) in [6, 6.07) is 10.5. The van der Waals surface area contributed by atoms with Crippen LogP contribution in [0.5, 0.6) is 0 Å². The maximum absolute atomic E-state index is 13.4. The first-order chi connectivity index (χ1) is 13.7. The van der Waals surface area contributed by atoms with Gasteiger partial charge in [0.05, 0.1) is 15.7 Å². The van der Waals surface area contributed by atoms with Crippen LogP contribution < -0.4 is 14.9 Å². The van der Waals surface area contributed by atoms with Gasteiger partial charge in [0.1, 0.15) is 11.4 Å². The molecule has 154 valence electrons. The van der Waals surface area contributed by atoms with Gasteiger partial charge < -0.3 is 10.6 Å². The van der Waals surface area contributed by atoms with Crippen molar-refractivity contribution in [3.8, 4) is 0 Å². The number of hydrogen-bond donors (Lipinski definition) is 2. The summed E-state index contributed by atoms with van der Waals surface area (Å²) < 4.78 is 27.7. The van der Waals surface area contributed by atoms with E-state index in [0.717, 1.165) is 17.1 Å². The molecule has 0 heterocycles. The summed E-state index contributed by atoms with van der Waals surface area (Å²) in [6.45, 7) is 0.937. The van der Waals surface area contributed by atoms with E-state index in [1.807, 2.05) is 0 Å². The summed E-state index contributed by atoms with van der Waals surface area (Å²) in [5.74, 6) is -0.681. The standard InChI is InChI=1S/C19H19Cl2N3O4S/c1-12(25)22-13-7-9-15(10-8-13)24(11-18(26)23-14-5-6-14)29(27,28)19-16(20)3-2-4-17(19)21/h2-4,7-10,14H,5-6,11H2,1H3,(H,22,25)(H,23,26). The lowest BCUT2D eigenvalue weighted by molar-refractivity contribution is -0.119. The average molecular weight is 456 g/mol. The Kier molecular flexibility index (Phi) is 6.36. The molecule has 7 nitrogen and oxygen atoms in total. The Labute approximate surface area is 179 Å². The molecule has 29 heavy (non-hydrogen) atoms. The highest BCUT2D eigenvalue weighted by Gasteiger charge is 2.32. The molecule has 0 spiro atoms. The van der Waals surface area contributed by atoms with Crippen molar-refractivity contribution in [3.05, 3.63) is 52.5 Å². The van der Waals surface area contributed by atoms with E-state index in [1.165, 1.54) is 37.3 Å². The van der Waals surface area contributed by atoms with Crippen LogP contribution in [-0.2, 0) is 19.6 Å². The highest BCUT2D eigenvalue weighted by atomic mass is 35.5. The second-order valence-electron chi connectivity index (χ2n) is 6.63. The van der Waals surface area contributed by atoms with E-state index in [9.17, 15) is 18.0 Å². The minimum absolute atomic E-state index is 0.0417. The van der Waals surface area contributed by atoms with E-state index in [0.29, 0.717) is 5.69 Å². The fraction of sp³-hybridized carbons (Fsp3) is 0.263. The number of nitrogens with zero attached hydrogens (tertiary/aromatic N) is 1. The molecule has 10 heteroatoms. The molecule has 2 N–H and O–H groups in total. The molecular weight excluding hydrogens is 437 g/mol. The van der Waals surface area contributed by atoms with E-state index >= 15 is 0 Å². The van der Waals surface area contributed by atoms with Crippen molar-refractivity contribution in [2.75, 3.05) is 16.2 Å². The zero-order chi connectivity index (χ0) is 21.2. The lowest BCUT2D eigenvalue weighted by Gasteiger charge is -2.25. The van der Waals surface area contributed by atoms with Crippen molar-refractivity contribution in [3.63, 3.8) is 0 Å². The number of halogens is 2. The Morgan fingerprint density at radius 2 is 1.66 bits per heavy atom. The number of carbonyl (C=O) groups is 2. The highest BCUT2D eigenvalue weighted by molar-refractivity contribution is 7.93. The summed E-state index contributed by atoms with van der Waals surface area (Å²) in [4.78, 5) is 23.3. The Bertz CT molecular complexity index is 1020. The number of anilines is 2. The molecular formula is C19H19Cl2N3O4S. The molecule has 0 aliphatic heterocycles. The normalized spacial score (nSPS) is 13.6. The van der Waals surface area contributed by atoms with Gasteiger partial charge in [-0.15, -0.1) is 0 Å². The van der Waals surface area contributed by atoms with Gasteiger partial charge in [0, 0.05) is 18.7 Å². The first-order valence-corrected chi connectivity index (χ1v) is 11.0. The Morgan fingerprint density at radius 3 is 2.17 bits per heavy atom. The highest BCUT2D eigenvalue weighted by Crippen LogP contribution is 2.34. The van der Waals surface area contributed by atoms with Gasteiger partial charge in [-0.25, -0.2) is 8.42 Å². The molecule has 2 amide bonds. The number of carbonyl (C=O) groups excluding carboxylic acids is 2. The number of hydrogen-bond acceptors (Lipinski definition) is 4. The van der Waals surface area contributed by atoms with Crippen molar-refractivity contribution in [2.45, 2.75) is 30.7 Å². The second kappa shape index (κ2) is 8.61. The molecule has 0 aromatic heterocycles. The van der Waals surface area contributed by atoms with Gasteiger partial charge in [-0.05, 0) is 49.2 Å². The minimum atomic E-state index is -4.24. The smallest absolute Gasteiger partial charge is 0.267 e. The maximum Gasteiger partial charge on any atom is 0.267 e. The summed E-state index contributed by atoms with van der Waals surface area (Å²) in [7, 11) is -4.24. The predicted molar refractivity (Wildman–Crippen MR) is 113 cm³/mol. The quantitative estimate of drug-likeness (QED) is 0.668. The summed E-state index contributed by atoms with van der Waals surface area (Å²) in [5, 5.41) is 5.30. The molecule has 0 bridgehead atoms. The van der Waals surface area contributed by atoms with Gasteiger partial charge in [-0.3, -0.25) is 13.9 Å². The van der Waals surface area contributed by atoms with Crippen LogP contribution in [0.4, 0.5) is 11.4 Å². The number of amides is 2. The third kappa shape index (κ3) is 5.20. The zero-order valence-electron chi connectivity index (χ0n) is 15.5. The molecule has 0 saturated heterocycles. The number of benzene rings is 2. The Morgan fingerprint density at radius 1 is 1.07 bits per heavy atom. The number of rotatable bonds is 7. The summed E-state index contributed by atoms with van der Waals surface area (Å²) >= 11 is 12.2. The number of nitrogens with one attached hydrogen (secondary N) is 2. The predicted octanol–water partition coefficient (Wildman–Crippen LogP) is 3.43. The van der Waals surface area contributed by atoms with Gasteiger partial charge in [0.2, 0.25) is 11.8 Å². The molecule has 2 aromatic rings. The third-order valence-electron chi connectivity index (χ3n) is 4.17. The van der Waals surface area contributed by atoms with Gasteiger partial charge in [-0.1, -0.05) is 29.3 Å². The van der Waals surface area contributed by atoms with Crippen LogP contribution in [0, 0.1) is 0 Å². The van der Waals surface area contributed by atoms with Crippen molar-refractivity contribution in [1.82, 2.24) is 5.32 Å². The van der Waals surface area contributed by atoms with Crippen LogP contribution in [0.15, 0.2) is 47.4 Å². The van der Waals surface area contributed by atoms with Gasteiger partial charge in [-0.2, -0.15) is 0 Å². The van der Waals surface area contributed by atoms with Crippen LogP contribution in [0.3, 0.4) is 0 Å². The topological polar surface area (TPSA) is 95.6 Å². The first kappa shape index (κ1) is 21.4. The first-order valence-electron chi connectivity index (χ1n) is 8.82. The fourth-order valence-electron chi connectivity index (χ4n) is 2.70. The van der Waals surface area contributed by atoms with Gasteiger partial charge in [0.25, 0.3) is 10.0 Å². The largest absolute Gasteiger partial charge is 0.352 e. The molecule has 0 radical (unpaired) electrons. The van der Waals surface area contributed by atoms with E-state index < -0.39 is 22.5 Å². The van der Waals surface area contributed by atoms with E-state index in [4.69, 9.17) is 23.2 Å². The second-order valence-corrected chi connectivity index (χ2v) is 9.25. The maximum atomic E-state index is 13.4. The SMILES string of the molecule is CC(=O)Nc1ccc(N(CC(=O)NC2CC2)S(=O)(=O)c2c(Cl)cccc2Cl)cc1. The molecule has 0 unspecified atom stereocenters. The summed E-state index contributed by atoms with van der Waals surface area (Å²) in [6.07, 6.45) is 1.75. The van der Waals surface area contributed by atoms with E-state index in [2.05, 4.69) is 10.6 Å². The Hall–Kier alpha value is -2.29. The minimum Gasteiger partial charge on any atom is -0.352 e. The van der Waals surface area contributed by atoms with Gasteiger partial charge in [0.15, 0.2) is 0 Å². The van der Waals surface area contributed by atoms with Crippen LogP contribution in [-0.4, -0.2) is 32.8 Å². The van der Waals surface area contributed by atoms with Crippen LogP contribution in [0.1, 0.15) is 19.8 Å². The van der Waals surface area contributed by atoms with Crippen molar-refractivity contribution in [2.24, 2.45) is 0 Å². The zero-order valence-corrected chi connectivity index (χ0v) is 17.8. The lowest BCUT2D eigenvalue weighted by Crippen LogP contribution is -2.41. The molecule has 1 fully saturated rings.